The quantitative estimate of drug-likeness (QED) is 0.470. The highest BCUT2D eigenvalue weighted by molar-refractivity contribution is 5.83. The molecule has 1 aliphatic heterocycles. The Bertz CT molecular complexity index is 1380. The fourth-order valence-corrected chi connectivity index (χ4v) is 5.80. The molecule has 3 heterocycles. The predicted octanol–water partition coefficient (Wildman–Crippen LogP) is 4.72. The second-order valence-corrected chi connectivity index (χ2v) is 10.0. The number of benzene rings is 2. The minimum absolute atomic E-state index is 0.396. The maximum absolute atomic E-state index is 10.8. The van der Waals surface area contributed by atoms with Crippen molar-refractivity contribution < 1.29 is 9.84 Å². The molecule has 2 saturated carbocycles. The van der Waals surface area contributed by atoms with Crippen LogP contribution in [-0.2, 0) is 12.3 Å². The molecule has 2 aromatic heterocycles. The molecule has 0 bridgehead atoms. The summed E-state index contributed by atoms with van der Waals surface area (Å²) < 4.78 is 8.15. The number of aromatic nitrogens is 3. The molecule has 2 aromatic carbocycles. The van der Waals surface area contributed by atoms with Gasteiger partial charge < -0.3 is 15.6 Å². The Morgan fingerprint density at radius 1 is 0.971 bits per heavy atom. The van der Waals surface area contributed by atoms with Gasteiger partial charge in [-0.1, -0.05) is 54.6 Å². The average Bonchev–Trinajstić information content (AvgIpc) is 3.64. The Hall–Kier alpha value is -3.48. The highest BCUT2D eigenvalue weighted by Gasteiger charge is 2.58. The summed E-state index contributed by atoms with van der Waals surface area (Å²) >= 11 is 0. The number of nitrogens with zero attached hydrogens (tertiary/aromatic N) is 3. The largest absolute Gasteiger partial charge is 0.472 e. The summed E-state index contributed by atoms with van der Waals surface area (Å²) in [5.41, 5.74) is 11.7. The summed E-state index contributed by atoms with van der Waals surface area (Å²) in [7, 11) is 0. The number of ether oxygens (including phenoxy) is 1. The molecule has 4 aromatic rings. The van der Waals surface area contributed by atoms with E-state index in [2.05, 4.69) is 45.9 Å². The standard InChI is InChI=1S/C28H26N4O2/c29-27(15-28(33,16-27)21-10-11-21)20-8-6-18(7-9-20)24-25(19-4-2-1-3-5-19)32-17-34-23-12-13-30-14-22(23)26(32)31-24/h1-9,12-14,21,33H,10-11,15-17,29H2. The van der Waals surface area contributed by atoms with Gasteiger partial charge in [0.25, 0.3) is 0 Å². The molecule has 3 N–H and O–H groups in total. The van der Waals surface area contributed by atoms with Gasteiger partial charge in [-0.3, -0.25) is 9.55 Å². The van der Waals surface area contributed by atoms with Crippen LogP contribution in [0.3, 0.4) is 0 Å². The summed E-state index contributed by atoms with van der Waals surface area (Å²) in [6, 6.07) is 20.6. The Balaban J connectivity index is 1.30. The van der Waals surface area contributed by atoms with Crippen molar-refractivity contribution in [3.63, 3.8) is 0 Å². The molecule has 34 heavy (non-hydrogen) atoms. The first kappa shape index (κ1) is 19.9. The number of imidazole rings is 1. The summed E-state index contributed by atoms with van der Waals surface area (Å²) in [4.78, 5) is 9.39. The van der Waals surface area contributed by atoms with Crippen LogP contribution >= 0.6 is 0 Å². The monoisotopic (exact) mass is 450 g/mol. The normalized spacial score (nSPS) is 25.1. The Morgan fingerprint density at radius 3 is 2.47 bits per heavy atom. The van der Waals surface area contributed by atoms with Crippen LogP contribution in [0.4, 0.5) is 0 Å². The fraction of sp³-hybridized carbons (Fsp3) is 0.286. The summed E-state index contributed by atoms with van der Waals surface area (Å²) in [5.74, 6) is 2.09. The van der Waals surface area contributed by atoms with E-state index in [1.807, 2.05) is 30.5 Å². The highest BCUT2D eigenvalue weighted by Crippen LogP contribution is 2.57. The zero-order valence-electron chi connectivity index (χ0n) is 18.8. The van der Waals surface area contributed by atoms with E-state index in [1.54, 1.807) is 6.20 Å². The van der Waals surface area contributed by atoms with Crippen molar-refractivity contribution in [2.45, 2.75) is 43.6 Å². The minimum Gasteiger partial charge on any atom is -0.472 e. The lowest BCUT2D eigenvalue weighted by molar-refractivity contribution is -0.106. The number of aliphatic hydroxyl groups is 1. The van der Waals surface area contributed by atoms with E-state index in [0.29, 0.717) is 25.5 Å². The molecule has 2 fully saturated rings. The third kappa shape index (κ3) is 2.95. The third-order valence-electron chi connectivity index (χ3n) is 7.70. The van der Waals surface area contributed by atoms with Gasteiger partial charge in [0.2, 0.25) is 0 Å². The smallest absolute Gasteiger partial charge is 0.167 e. The molecule has 0 unspecified atom stereocenters. The first-order chi connectivity index (χ1) is 16.5. The van der Waals surface area contributed by atoms with Crippen molar-refractivity contribution in [2.75, 3.05) is 0 Å². The van der Waals surface area contributed by atoms with E-state index in [1.165, 1.54) is 0 Å². The van der Waals surface area contributed by atoms with Crippen LogP contribution in [0.2, 0.25) is 0 Å². The first-order valence-electron chi connectivity index (χ1n) is 11.9. The second kappa shape index (κ2) is 7.01. The third-order valence-corrected chi connectivity index (χ3v) is 7.70. The van der Waals surface area contributed by atoms with Crippen LogP contribution in [0.25, 0.3) is 33.9 Å². The van der Waals surface area contributed by atoms with Crippen molar-refractivity contribution in [1.82, 2.24) is 14.5 Å². The van der Waals surface area contributed by atoms with Gasteiger partial charge in [0.05, 0.1) is 22.6 Å². The molecule has 6 nitrogen and oxygen atoms in total. The van der Waals surface area contributed by atoms with E-state index >= 15 is 0 Å². The molecule has 0 amide bonds. The number of hydrogen-bond donors (Lipinski definition) is 2. The summed E-state index contributed by atoms with van der Waals surface area (Å²) in [6.07, 6.45) is 7.08. The predicted molar refractivity (Wildman–Crippen MR) is 130 cm³/mol. The van der Waals surface area contributed by atoms with Gasteiger partial charge in [-0.15, -0.1) is 0 Å². The van der Waals surface area contributed by atoms with Crippen LogP contribution in [0, 0.1) is 5.92 Å². The van der Waals surface area contributed by atoms with E-state index in [4.69, 9.17) is 15.5 Å². The summed E-state index contributed by atoms with van der Waals surface area (Å²) in [6.45, 7) is 0.396. The van der Waals surface area contributed by atoms with Gasteiger partial charge in [-0.25, -0.2) is 4.98 Å². The lowest BCUT2D eigenvalue weighted by Gasteiger charge is -2.52. The van der Waals surface area contributed by atoms with Crippen molar-refractivity contribution >= 4 is 0 Å². The van der Waals surface area contributed by atoms with Crippen molar-refractivity contribution in [2.24, 2.45) is 11.7 Å². The number of pyridine rings is 1. The molecule has 2 aliphatic carbocycles. The highest BCUT2D eigenvalue weighted by atomic mass is 16.5. The molecule has 0 saturated heterocycles. The van der Waals surface area contributed by atoms with Crippen LogP contribution in [-0.4, -0.2) is 25.2 Å². The van der Waals surface area contributed by atoms with Crippen LogP contribution in [0.15, 0.2) is 73.1 Å². The SMILES string of the molecule is NC1(c2ccc(-c3nc4n(c3-c3ccccc3)COc3ccncc3-4)cc2)CC(O)(C2CC2)C1. The second-order valence-electron chi connectivity index (χ2n) is 10.0. The molecule has 0 atom stereocenters. The van der Waals surface area contributed by atoms with Gasteiger partial charge in [0, 0.05) is 29.1 Å². The van der Waals surface area contributed by atoms with Crippen LogP contribution in [0.5, 0.6) is 5.75 Å². The van der Waals surface area contributed by atoms with Crippen molar-refractivity contribution in [1.29, 1.82) is 0 Å². The lowest BCUT2D eigenvalue weighted by atomic mass is 9.60. The number of hydrogen-bond acceptors (Lipinski definition) is 5. The maximum Gasteiger partial charge on any atom is 0.167 e. The molecular formula is C28H26N4O2. The van der Waals surface area contributed by atoms with Gasteiger partial charge in [0.15, 0.2) is 6.73 Å². The number of fused-ring (bicyclic) bond motifs is 3. The van der Waals surface area contributed by atoms with Gasteiger partial charge >= 0.3 is 0 Å². The van der Waals surface area contributed by atoms with Crippen LogP contribution < -0.4 is 10.5 Å². The zero-order valence-corrected chi connectivity index (χ0v) is 18.8. The van der Waals surface area contributed by atoms with E-state index in [0.717, 1.165) is 58.1 Å². The summed E-state index contributed by atoms with van der Waals surface area (Å²) in [5, 5.41) is 10.8. The van der Waals surface area contributed by atoms with Crippen molar-refractivity contribution in [3.8, 4) is 39.7 Å². The molecule has 7 rings (SSSR count). The topological polar surface area (TPSA) is 86.2 Å². The average molecular weight is 451 g/mol. The van der Waals surface area contributed by atoms with Gasteiger partial charge in [0.1, 0.15) is 11.6 Å². The molecule has 0 spiro atoms. The Morgan fingerprint density at radius 2 is 1.74 bits per heavy atom. The fourth-order valence-electron chi connectivity index (χ4n) is 5.80. The van der Waals surface area contributed by atoms with Crippen LogP contribution in [0.1, 0.15) is 31.2 Å². The first-order valence-corrected chi connectivity index (χ1v) is 11.9. The lowest BCUT2D eigenvalue weighted by Crippen LogP contribution is -2.60. The van der Waals surface area contributed by atoms with E-state index in [-0.39, 0.29) is 0 Å². The molecule has 170 valence electrons. The number of nitrogens with two attached hydrogens (primary N) is 1. The van der Waals surface area contributed by atoms with Gasteiger partial charge in [-0.2, -0.15) is 0 Å². The van der Waals surface area contributed by atoms with Crippen molar-refractivity contribution in [3.05, 3.63) is 78.6 Å². The molecule has 3 aliphatic rings. The molecule has 6 heteroatoms. The molecular weight excluding hydrogens is 424 g/mol. The maximum atomic E-state index is 10.8. The Labute approximate surface area is 198 Å². The van der Waals surface area contributed by atoms with E-state index in [9.17, 15) is 5.11 Å². The van der Waals surface area contributed by atoms with E-state index < -0.39 is 11.1 Å². The number of rotatable bonds is 4. The Kier molecular flexibility index (Phi) is 4.11. The molecule has 0 radical (unpaired) electrons. The minimum atomic E-state index is -0.571. The zero-order chi connectivity index (χ0) is 22.9. The van der Waals surface area contributed by atoms with Gasteiger partial charge in [-0.05, 0) is 43.2 Å².